The van der Waals surface area contributed by atoms with Crippen LogP contribution in [0.4, 0.5) is 4.39 Å². The van der Waals surface area contributed by atoms with Crippen molar-refractivity contribution < 1.29 is 9.18 Å². The zero-order valence-corrected chi connectivity index (χ0v) is 12.2. The molecule has 4 heteroatoms. The second-order valence-electron chi connectivity index (χ2n) is 5.51. The molecule has 1 heterocycles. The van der Waals surface area contributed by atoms with Crippen molar-refractivity contribution in [2.75, 3.05) is 0 Å². The number of ketones is 1. The van der Waals surface area contributed by atoms with E-state index in [0.717, 1.165) is 49.1 Å². The molecule has 1 aliphatic rings. The van der Waals surface area contributed by atoms with Crippen molar-refractivity contribution in [3.8, 4) is 5.69 Å². The molecular weight excluding hydrogens is 267 g/mol. The summed E-state index contributed by atoms with van der Waals surface area (Å²) in [5.41, 5.74) is 2.89. The fourth-order valence-corrected chi connectivity index (χ4v) is 2.94. The van der Waals surface area contributed by atoms with E-state index < -0.39 is 0 Å². The number of aromatic nitrogens is 2. The first-order valence-corrected chi connectivity index (χ1v) is 7.61. The smallest absolute Gasteiger partial charge is 0.166 e. The van der Waals surface area contributed by atoms with E-state index in [1.54, 1.807) is 22.9 Å². The number of hydrogen-bond acceptors (Lipinski definition) is 2. The van der Waals surface area contributed by atoms with Gasteiger partial charge in [-0.15, -0.1) is 0 Å². The highest BCUT2D eigenvalue weighted by Gasteiger charge is 2.27. The van der Waals surface area contributed by atoms with Gasteiger partial charge in [-0.05, 0) is 37.8 Å². The van der Waals surface area contributed by atoms with Crippen LogP contribution in [0.1, 0.15) is 54.4 Å². The average molecular weight is 286 g/mol. The number of carbonyl (C=O) groups excluding carboxylic acids is 1. The Morgan fingerprint density at radius 2 is 2.10 bits per heavy atom. The molecule has 0 atom stereocenters. The number of hydrogen-bond donors (Lipinski definition) is 0. The normalized spacial score (nSPS) is 14.3. The molecule has 0 bridgehead atoms. The Balaban J connectivity index is 2.16. The van der Waals surface area contributed by atoms with Gasteiger partial charge in [-0.2, -0.15) is 5.10 Å². The number of aryl methyl sites for hydroxylation is 1. The van der Waals surface area contributed by atoms with Crippen molar-refractivity contribution >= 4 is 5.78 Å². The Morgan fingerprint density at radius 1 is 1.29 bits per heavy atom. The van der Waals surface area contributed by atoms with Crippen LogP contribution in [-0.2, 0) is 12.8 Å². The summed E-state index contributed by atoms with van der Waals surface area (Å²) in [5.74, 6) is -0.146. The van der Waals surface area contributed by atoms with E-state index in [2.05, 4.69) is 12.0 Å². The molecular formula is C17H19FN2O. The van der Waals surface area contributed by atoms with Crippen molar-refractivity contribution in [3.05, 3.63) is 47.0 Å². The minimum atomic E-state index is -0.303. The monoisotopic (exact) mass is 286 g/mol. The number of nitrogens with zero attached hydrogens (tertiary/aromatic N) is 2. The third-order valence-corrected chi connectivity index (χ3v) is 4.00. The number of unbranched alkanes of at least 4 members (excludes halogenated alkanes) is 1. The lowest BCUT2D eigenvalue weighted by atomic mass is 9.93. The van der Waals surface area contributed by atoms with E-state index in [-0.39, 0.29) is 11.6 Å². The molecule has 110 valence electrons. The van der Waals surface area contributed by atoms with Crippen LogP contribution in [0, 0.1) is 5.82 Å². The first kappa shape index (κ1) is 14.0. The van der Waals surface area contributed by atoms with E-state index in [0.29, 0.717) is 12.1 Å². The van der Waals surface area contributed by atoms with Crippen LogP contribution in [0.25, 0.3) is 5.69 Å². The second kappa shape index (κ2) is 5.80. The topological polar surface area (TPSA) is 34.9 Å². The largest absolute Gasteiger partial charge is 0.294 e. The zero-order chi connectivity index (χ0) is 14.8. The molecule has 0 saturated carbocycles. The van der Waals surface area contributed by atoms with Gasteiger partial charge in [-0.1, -0.05) is 25.5 Å². The molecule has 0 fully saturated rings. The first-order chi connectivity index (χ1) is 10.2. The van der Waals surface area contributed by atoms with E-state index in [4.69, 9.17) is 0 Å². The minimum Gasteiger partial charge on any atom is -0.294 e. The molecule has 1 aliphatic carbocycles. The number of fused-ring (bicyclic) bond motifs is 1. The predicted molar refractivity (Wildman–Crippen MR) is 79.4 cm³/mol. The Morgan fingerprint density at radius 3 is 2.86 bits per heavy atom. The number of Topliss-reactive ketones (excluding diaryl/α,β-unsaturated/α-hetero) is 1. The molecule has 2 aromatic rings. The van der Waals surface area contributed by atoms with Gasteiger partial charge in [0.1, 0.15) is 11.5 Å². The highest BCUT2D eigenvalue weighted by Crippen LogP contribution is 2.28. The molecule has 3 nitrogen and oxygen atoms in total. The van der Waals surface area contributed by atoms with Gasteiger partial charge in [-0.25, -0.2) is 9.07 Å². The maximum absolute atomic E-state index is 14.1. The highest BCUT2D eigenvalue weighted by atomic mass is 19.1. The lowest BCUT2D eigenvalue weighted by Crippen LogP contribution is -2.12. The third kappa shape index (κ3) is 2.50. The molecule has 0 unspecified atom stereocenters. The van der Waals surface area contributed by atoms with Crippen molar-refractivity contribution in [2.45, 2.75) is 45.4 Å². The van der Waals surface area contributed by atoms with Crippen LogP contribution in [0.2, 0.25) is 0 Å². The molecule has 0 aliphatic heterocycles. The van der Waals surface area contributed by atoms with Crippen molar-refractivity contribution in [3.63, 3.8) is 0 Å². The molecule has 0 amide bonds. The van der Waals surface area contributed by atoms with Gasteiger partial charge in [0.15, 0.2) is 5.78 Å². The summed E-state index contributed by atoms with van der Waals surface area (Å²) in [5, 5.41) is 4.54. The molecule has 0 N–H and O–H groups in total. The van der Waals surface area contributed by atoms with Crippen LogP contribution in [0.15, 0.2) is 24.3 Å². The average Bonchev–Trinajstić information content (AvgIpc) is 2.85. The number of rotatable bonds is 4. The fraction of sp³-hybridized carbons (Fsp3) is 0.412. The Labute approximate surface area is 123 Å². The number of para-hydroxylation sites is 1. The molecule has 21 heavy (non-hydrogen) atoms. The summed E-state index contributed by atoms with van der Waals surface area (Å²) >= 11 is 0. The summed E-state index contributed by atoms with van der Waals surface area (Å²) in [7, 11) is 0. The zero-order valence-electron chi connectivity index (χ0n) is 12.2. The summed E-state index contributed by atoms with van der Waals surface area (Å²) in [4.78, 5) is 12.3. The summed E-state index contributed by atoms with van der Waals surface area (Å²) < 4.78 is 15.7. The Hall–Kier alpha value is -1.97. The number of benzene rings is 1. The maximum Gasteiger partial charge on any atom is 0.166 e. The lowest BCUT2D eigenvalue weighted by Gasteiger charge is -2.11. The quantitative estimate of drug-likeness (QED) is 0.855. The third-order valence-electron chi connectivity index (χ3n) is 4.00. The summed E-state index contributed by atoms with van der Waals surface area (Å²) in [6.45, 7) is 2.11. The Bertz CT molecular complexity index is 675. The Kier molecular flexibility index (Phi) is 3.86. The molecule has 0 spiro atoms. The molecule has 0 saturated heterocycles. The van der Waals surface area contributed by atoms with E-state index in [1.165, 1.54) is 6.07 Å². The molecule has 1 aromatic carbocycles. The summed E-state index contributed by atoms with van der Waals surface area (Å²) in [6, 6.07) is 6.61. The summed E-state index contributed by atoms with van der Waals surface area (Å²) in [6.07, 6.45) is 4.99. The maximum atomic E-state index is 14.1. The SMILES string of the molecule is CCCCc1c2c(nn1-c1ccccc1F)CCCC2=O. The molecule has 0 radical (unpaired) electrons. The van der Waals surface area contributed by atoms with Gasteiger partial charge < -0.3 is 0 Å². The fourth-order valence-electron chi connectivity index (χ4n) is 2.94. The van der Waals surface area contributed by atoms with Gasteiger partial charge in [0.25, 0.3) is 0 Å². The highest BCUT2D eigenvalue weighted by molar-refractivity contribution is 5.99. The van der Waals surface area contributed by atoms with Crippen LogP contribution >= 0.6 is 0 Å². The van der Waals surface area contributed by atoms with E-state index in [9.17, 15) is 9.18 Å². The van der Waals surface area contributed by atoms with Crippen LogP contribution in [0.3, 0.4) is 0 Å². The lowest BCUT2D eigenvalue weighted by molar-refractivity contribution is 0.0971. The minimum absolute atomic E-state index is 0.157. The first-order valence-electron chi connectivity index (χ1n) is 7.61. The molecule has 1 aromatic heterocycles. The standard InChI is InChI=1S/C17H19FN2O/c1-2-3-9-15-17-13(8-6-11-16(17)21)19-20(15)14-10-5-4-7-12(14)18/h4-5,7,10H,2-3,6,8-9,11H2,1H3. The number of carbonyl (C=O) groups is 1. The molecule has 3 rings (SSSR count). The van der Waals surface area contributed by atoms with Crippen LogP contribution < -0.4 is 0 Å². The van der Waals surface area contributed by atoms with Gasteiger partial charge in [0, 0.05) is 6.42 Å². The van der Waals surface area contributed by atoms with Crippen molar-refractivity contribution in [1.29, 1.82) is 0 Å². The van der Waals surface area contributed by atoms with Crippen LogP contribution in [-0.4, -0.2) is 15.6 Å². The van der Waals surface area contributed by atoms with Gasteiger partial charge >= 0.3 is 0 Å². The second-order valence-corrected chi connectivity index (χ2v) is 5.51. The van der Waals surface area contributed by atoms with Gasteiger partial charge in [-0.3, -0.25) is 4.79 Å². The predicted octanol–water partition coefficient (Wildman–Crippen LogP) is 3.87. The van der Waals surface area contributed by atoms with E-state index in [1.807, 2.05) is 0 Å². The van der Waals surface area contributed by atoms with Crippen molar-refractivity contribution in [1.82, 2.24) is 9.78 Å². The van der Waals surface area contributed by atoms with Crippen LogP contribution in [0.5, 0.6) is 0 Å². The number of halogens is 1. The van der Waals surface area contributed by atoms with E-state index >= 15 is 0 Å². The van der Waals surface area contributed by atoms with Crippen molar-refractivity contribution in [2.24, 2.45) is 0 Å². The van der Waals surface area contributed by atoms with Gasteiger partial charge in [0.05, 0.1) is 17.0 Å². The van der Waals surface area contributed by atoms with Gasteiger partial charge in [0.2, 0.25) is 0 Å².